The number of rotatable bonds is 4. The summed E-state index contributed by atoms with van der Waals surface area (Å²) in [6.07, 6.45) is 2.00. The molecule has 0 unspecified atom stereocenters. The van der Waals surface area contributed by atoms with Crippen molar-refractivity contribution in [2.75, 3.05) is 17.7 Å². The number of nitrogens with zero attached hydrogens (tertiary/aromatic N) is 2. The minimum absolute atomic E-state index is 0.755. The van der Waals surface area contributed by atoms with Crippen LogP contribution in [0.2, 0.25) is 0 Å². The Morgan fingerprint density at radius 1 is 1.10 bits per heavy atom. The van der Waals surface area contributed by atoms with E-state index in [0.29, 0.717) is 0 Å². The summed E-state index contributed by atoms with van der Waals surface area (Å²) in [5.74, 6) is 0. The van der Waals surface area contributed by atoms with E-state index in [1.807, 2.05) is 36.6 Å². The van der Waals surface area contributed by atoms with Gasteiger partial charge in [-0.2, -0.15) is 5.26 Å². The third kappa shape index (κ3) is 2.66. The highest BCUT2D eigenvalue weighted by Crippen LogP contribution is 2.34. The molecule has 0 saturated heterocycles. The van der Waals surface area contributed by atoms with Crippen LogP contribution in [0, 0.1) is 18.3 Å². The van der Waals surface area contributed by atoms with Gasteiger partial charge >= 0.3 is 0 Å². The molecule has 0 saturated carbocycles. The van der Waals surface area contributed by atoms with Crippen molar-refractivity contribution in [1.82, 2.24) is 0 Å². The molecule has 0 aromatic heterocycles. The first kappa shape index (κ1) is 14.5. The molecule has 0 spiro atoms. The average Bonchev–Trinajstić information content (AvgIpc) is 2.49. The van der Waals surface area contributed by atoms with Gasteiger partial charge in [0.05, 0.1) is 11.3 Å². The average molecular weight is 282 g/mol. The van der Waals surface area contributed by atoms with Crippen molar-refractivity contribution in [2.24, 2.45) is 0 Å². The fourth-order valence-electron chi connectivity index (χ4n) is 2.36. The third-order valence-electron chi connectivity index (χ3n) is 3.35. The first-order valence-corrected chi connectivity index (χ1v) is 7.85. The van der Waals surface area contributed by atoms with Crippen LogP contribution < -0.4 is 4.90 Å². The molecule has 0 aliphatic heterocycles. The zero-order valence-corrected chi connectivity index (χ0v) is 12.9. The summed E-state index contributed by atoms with van der Waals surface area (Å²) in [6.45, 7) is 5.04. The summed E-state index contributed by atoms with van der Waals surface area (Å²) in [5, 5.41) is 9.50. The van der Waals surface area contributed by atoms with Crippen LogP contribution in [0.1, 0.15) is 18.1 Å². The van der Waals surface area contributed by atoms with Crippen molar-refractivity contribution in [2.45, 2.75) is 18.7 Å². The van der Waals surface area contributed by atoms with E-state index in [1.165, 1.54) is 5.56 Å². The molecule has 20 heavy (non-hydrogen) atoms. The topological polar surface area (TPSA) is 27.0 Å². The third-order valence-corrected chi connectivity index (χ3v) is 4.13. The van der Waals surface area contributed by atoms with Crippen LogP contribution in [-0.2, 0) is 0 Å². The second kappa shape index (κ2) is 6.49. The summed E-state index contributed by atoms with van der Waals surface area (Å²) in [6, 6.07) is 16.7. The summed E-state index contributed by atoms with van der Waals surface area (Å²) in [7, 11) is 0. The van der Waals surface area contributed by atoms with Crippen LogP contribution in [0.4, 0.5) is 11.4 Å². The SMILES string of the molecule is CCN(c1ccccc1C)c1cccc(SC)c1C#N. The van der Waals surface area contributed by atoms with E-state index < -0.39 is 0 Å². The maximum atomic E-state index is 9.50. The predicted molar refractivity (Wildman–Crippen MR) is 86.8 cm³/mol. The number of hydrogen-bond acceptors (Lipinski definition) is 3. The minimum atomic E-state index is 0.755. The zero-order chi connectivity index (χ0) is 14.5. The van der Waals surface area contributed by atoms with Crippen LogP contribution in [0.25, 0.3) is 0 Å². The highest BCUT2D eigenvalue weighted by atomic mass is 32.2. The molecule has 0 bridgehead atoms. The van der Waals surface area contributed by atoms with Gasteiger partial charge in [-0.15, -0.1) is 11.8 Å². The van der Waals surface area contributed by atoms with E-state index in [1.54, 1.807) is 11.8 Å². The lowest BCUT2D eigenvalue weighted by Gasteiger charge is -2.26. The highest BCUT2D eigenvalue weighted by molar-refractivity contribution is 7.98. The molecule has 0 amide bonds. The fraction of sp³-hybridized carbons (Fsp3) is 0.235. The molecular weight excluding hydrogens is 264 g/mol. The van der Waals surface area contributed by atoms with Gasteiger partial charge in [0, 0.05) is 17.1 Å². The van der Waals surface area contributed by atoms with Crippen molar-refractivity contribution in [1.29, 1.82) is 5.26 Å². The number of nitriles is 1. The minimum Gasteiger partial charge on any atom is -0.340 e. The maximum Gasteiger partial charge on any atom is 0.103 e. The largest absolute Gasteiger partial charge is 0.340 e. The first-order valence-electron chi connectivity index (χ1n) is 6.63. The van der Waals surface area contributed by atoms with Gasteiger partial charge in [0.25, 0.3) is 0 Å². The van der Waals surface area contributed by atoms with Crippen molar-refractivity contribution in [3.05, 3.63) is 53.6 Å². The fourth-order valence-corrected chi connectivity index (χ4v) is 2.93. The van der Waals surface area contributed by atoms with Crippen molar-refractivity contribution in [3.63, 3.8) is 0 Å². The van der Waals surface area contributed by atoms with E-state index >= 15 is 0 Å². The number of benzene rings is 2. The number of para-hydroxylation sites is 1. The smallest absolute Gasteiger partial charge is 0.103 e. The molecule has 2 aromatic rings. The van der Waals surface area contributed by atoms with Crippen LogP contribution in [0.5, 0.6) is 0 Å². The monoisotopic (exact) mass is 282 g/mol. The number of thioether (sulfide) groups is 1. The van der Waals surface area contributed by atoms with Gasteiger partial charge in [0.2, 0.25) is 0 Å². The Bertz CT molecular complexity index is 644. The first-order chi connectivity index (χ1) is 9.72. The molecule has 0 radical (unpaired) electrons. The molecule has 0 aliphatic carbocycles. The molecule has 2 nitrogen and oxygen atoms in total. The van der Waals surface area contributed by atoms with Crippen molar-refractivity contribution < 1.29 is 0 Å². The van der Waals surface area contributed by atoms with Gasteiger partial charge in [-0.1, -0.05) is 24.3 Å². The molecule has 0 aliphatic rings. The molecule has 0 N–H and O–H groups in total. The normalized spacial score (nSPS) is 10.1. The molecule has 3 heteroatoms. The Morgan fingerprint density at radius 3 is 2.40 bits per heavy atom. The Labute approximate surface area is 125 Å². The Hall–Kier alpha value is -1.92. The predicted octanol–water partition coefficient (Wildman–Crippen LogP) is 4.75. The van der Waals surface area contributed by atoms with Crippen molar-refractivity contribution >= 4 is 23.1 Å². The summed E-state index contributed by atoms with van der Waals surface area (Å²) in [5.41, 5.74) is 4.11. The van der Waals surface area contributed by atoms with E-state index in [0.717, 1.165) is 28.4 Å². The van der Waals surface area contributed by atoms with Crippen LogP contribution in [0.3, 0.4) is 0 Å². The molecule has 2 aromatic carbocycles. The molecule has 102 valence electrons. The van der Waals surface area contributed by atoms with Crippen LogP contribution in [0.15, 0.2) is 47.4 Å². The Balaban J connectivity index is 2.59. The zero-order valence-electron chi connectivity index (χ0n) is 12.1. The quantitative estimate of drug-likeness (QED) is 0.757. The molecule has 0 heterocycles. The van der Waals surface area contributed by atoms with E-state index in [9.17, 15) is 5.26 Å². The summed E-state index contributed by atoms with van der Waals surface area (Å²) in [4.78, 5) is 3.23. The molecule has 0 fully saturated rings. The standard InChI is InChI=1S/C17H18N2S/c1-4-19(15-9-6-5-8-13(15)2)16-10-7-11-17(20-3)14(16)12-18/h5-11H,4H2,1-3H3. The molecular formula is C17H18N2S. The van der Waals surface area contributed by atoms with Gasteiger partial charge in [0.15, 0.2) is 0 Å². The second-order valence-electron chi connectivity index (χ2n) is 4.50. The number of anilines is 2. The van der Waals surface area contributed by atoms with Crippen LogP contribution in [-0.4, -0.2) is 12.8 Å². The van der Waals surface area contributed by atoms with Gasteiger partial charge in [-0.25, -0.2) is 0 Å². The summed E-state index contributed by atoms with van der Waals surface area (Å²) < 4.78 is 0. The van der Waals surface area contributed by atoms with E-state index in [-0.39, 0.29) is 0 Å². The van der Waals surface area contributed by atoms with Gasteiger partial charge < -0.3 is 4.90 Å². The van der Waals surface area contributed by atoms with Crippen molar-refractivity contribution in [3.8, 4) is 6.07 Å². The van der Waals surface area contributed by atoms with Gasteiger partial charge in [-0.3, -0.25) is 0 Å². The molecule has 2 rings (SSSR count). The van der Waals surface area contributed by atoms with Gasteiger partial charge in [0.1, 0.15) is 6.07 Å². The second-order valence-corrected chi connectivity index (χ2v) is 5.35. The lowest BCUT2D eigenvalue weighted by Crippen LogP contribution is -2.18. The number of aryl methyl sites for hydroxylation is 1. The highest BCUT2D eigenvalue weighted by Gasteiger charge is 2.15. The Kier molecular flexibility index (Phi) is 4.70. The Morgan fingerprint density at radius 2 is 1.80 bits per heavy atom. The molecule has 0 atom stereocenters. The number of hydrogen-bond donors (Lipinski definition) is 0. The van der Waals surface area contributed by atoms with E-state index in [4.69, 9.17) is 0 Å². The lowest BCUT2D eigenvalue weighted by atomic mass is 10.1. The van der Waals surface area contributed by atoms with Gasteiger partial charge in [-0.05, 0) is 43.9 Å². The summed E-state index contributed by atoms with van der Waals surface area (Å²) >= 11 is 1.61. The van der Waals surface area contributed by atoms with Crippen LogP contribution >= 0.6 is 11.8 Å². The van der Waals surface area contributed by atoms with E-state index in [2.05, 4.69) is 36.9 Å². The maximum absolute atomic E-state index is 9.50. The lowest BCUT2D eigenvalue weighted by molar-refractivity contribution is 1.01.